The molecule has 0 aliphatic heterocycles. The minimum atomic E-state index is 1.02. The second-order valence-corrected chi connectivity index (χ2v) is 6.83. The van der Waals surface area contributed by atoms with Crippen molar-refractivity contribution >= 4 is 0 Å². The first kappa shape index (κ1) is 12.5. The van der Waals surface area contributed by atoms with Gasteiger partial charge in [-0.25, -0.2) is 0 Å². The lowest BCUT2D eigenvalue weighted by atomic mass is 9.76. The van der Waals surface area contributed by atoms with Gasteiger partial charge in [0, 0.05) is 0 Å². The standard InChI is InChI=1S/C16H30/c1-13-3-7-15(8-4-13)11-12-16-9-5-14(2)6-10-16/h13-16H,3-12H2,1-2H3. The highest BCUT2D eigenvalue weighted by molar-refractivity contribution is 4.74. The average Bonchev–Trinajstić information content (AvgIpc) is 2.30. The number of rotatable bonds is 3. The zero-order valence-electron chi connectivity index (χ0n) is 11.4. The van der Waals surface area contributed by atoms with Gasteiger partial charge in [-0.1, -0.05) is 78.1 Å². The third-order valence-corrected chi connectivity index (χ3v) is 5.25. The monoisotopic (exact) mass is 222 g/mol. The Morgan fingerprint density at radius 2 is 0.875 bits per heavy atom. The Kier molecular flexibility index (Phi) is 4.73. The summed E-state index contributed by atoms with van der Waals surface area (Å²) in [5.41, 5.74) is 0. The van der Waals surface area contributed by atoms with Crippen LogP contribution < -0.4 is 0 Å². The molecule has 0 aromatic heterocycles. The summed E-state index contributed by atoms with van der Waals surface area (Å²) >= 11 is 0. The molecule has 0 atom stereocenters. The normalized spacial score (nSPS) is 40.9. The van der Waals surface area contributed by atoms with Gasteiger partial charge in [0.1, 0.15) is 0 Å². The first-order valence-electron chi connectivity index (χ1n) is 7.74. The smallest absolute Gasteiger partial charge is 0.0414 e. The van der Waals surface area contributed by atoms with Gasteiger partial charge in [-0.05, 0) is 23.7 Å². The van der Waals surface area contributed by atoms with Crippen LogP contribution in [-0.4, -0.2) is 0 Å². The van der Waals surface area contributed by atoms with Gasteiger partial charge in [0.15, 0.2) is 0 Å². The molecule has 0 heteroatoms. The Morgan fingerprint density at radius 1 is 0.562 bits per heavy atom. The Bertz CT molecular complexity index is 158. The highest BCUT2D eigenvalue weighted by Gasteiger charge is 2.22. The van der Waals surface area contributed by atoms with Crippen LogP contribution in [0.25, 0.3) is 0 Å². The van der Waals surface area contributed by atoms with Gasteiger partial charge in [0.05, 0.1) is 0 Å². The summed E-state index contributed by atoms with van der Waals surface area (Å²) in [5.74, 6) is 4.23. The second kappa shape index (κ2) is 6.07. The molecule has 0 N–H and O–H groups in total. The van der Waals surface area contributed by atoms with Crippen LogP contribution in [0.4, 0.5) is 0 Å². The largest absolute Gasteiger partial charge is 0.0625 e. The average molecular weight is 222 g/mol. The van der Waals surface area contributed by atoms with Crippen LogP contribution >= 0.6 is 0 Å². The lowest BCUT2D eigenvalue weighted by molar-refractivity contribution is 0.227. The van der Waals surface area contributed by atoms with E-state index < -0.39 is 0 Å². The van der Waals surface area contributed by atoms with Crippen LogP contribution in [0, 0.1) is 23.7 Å². The van der Waals surface area contributed by atoms with Crippen molar-refractivity contribution in [2.24, 2.45) is 23.7 Å². The van der Waals surface area contributed by atoms with Crippen molar-refractivity contribution in [3.05, 3.63) is 0 Å². The Balaban J connectivity index is 1.60. The second-order valence-electron chi connectivity index (χ2n) is 6.83. The lowest BCUT2D eigenvalue weighted by Crippen LogP contribution is -2.16. The fraction of sp³-hybridized carbons (Fsp3) is 1.00. The molecule has 2 rings (SSSR count). The molecule has 16 heavy (non-hydrogen) atoms. The molecule has 94 valence electrons. The highest BCUT2D eigenvalue weighted by atomic mass is 14.3. The summed E-state index contributed by atoms with van der Waals surface area (Å²) < 4.78 is 0. The molecule has 2 fully saturated rings. The van der Waals surface area contributed by atoms with Gasteiger partial charge in [-0.2, -0.15) is 0 Å². The maximum atomic E-state index is 2.43. The van der Waals surface area contributed by atoms with Crippen molar-refractivity contribution in [3.63, 3.8) is 0 Å². The summed E-state index contributed by atoms with van der Waals surface area (Å²) in [7, 11) is 0. The number of hydrogen-bond donors (Lipinski definition) is 0. The van der Waals surface area contributed by atoms with Crippen LogP contribution in [0.5, 0.6) is 0 Å². The van der Waals surface area contributed by atoms with Gasteiger partial charge in [-0.3, -0.25) is 0 Å². The van der Waals surface area contributed by atoms with E-state index in [-0.39, 0.29) is 0 Å². The summed E-state index contributed by atoms with van der Waals surface area (Å²) in [6.45, 7) is 4.86. The lowest BCUT2D eigenvalue weighted by Gasteiger charge is -2.30. The molecule has 0 radical (unpaired) electrons. The molecule has 0 aromatic rings. The first-order chi connectivity index (χ1) is 7.74. The van der Waals surface area contributed by atoms with Gasteiger partial charge in [0.2, 0.25) is 0 Å². The van der Waals surface area contributed by atoms with E-state index in [9.17, 15) is 0 Å². The van der Waals surface area contributed by atoms with Gasteiger partial charge >= 0.3 is 0 Å². The van der Waals surface area contributed by atoms with Crippen molar-refractivity contribution in [2.75, 3.05) is 0 Å². The van der Waals surface area contributed by atoms with Crippen LogP contribution in [0.1, 0.15) is 78.1 Å². The van der Waals surface area contributed by atoms with Gasteiger partial charge in [0.25, 0.3) is 0 Å². The topological polar surface area (TPSA) is 0 Å². The zero-order valence-corrected chi connectivity index (χ0v) is 11.4. The molecule has 2 aliphatic carbocycles. The molecule has 0 saturated heterocycles. The van der Waals surface area contributed by atoms with Crippen LogP contribution in [-0.2, 0) is 0 Å². The Hall–Kier alpha value is 0. The number of hydrogen-bond acceptors (Lipinski definition) is 0. The van der Waals surface area contributed by atoms with E-state index in [1.807, 2.05) is 0 Å². The van der Waals surface area contributed by atoms with E-state index >= 15 is 0 Å². The third-order valence-electron chi connectivity index (χ3n) is 5.25. The molecule has 2 saturated carbocycles. The van der Waals surface area contributed by atoms with E-state index in [0.717, 1.165) is 23.7 Å². The third kappa shape index (κ3) is 3.79. The van der Waals surface area contributed by atoms with Gasteiger partial charge in [-0.15, -0.1) is 0 Å². The SMILES string of the molecule is CC1CCC(CCC2CCC(C)CC2)CC1. The zero-order chi connectivity index (χ0) is 11.4. The maximum Gasteiger partial charge on any atom is -0.0414 e. The van der Waals surface area contributed by atoms with Crippen molar-refractivity contribution < 1.29 is 0 Å². The van der Waals surface area contributed by atoms with Crippen molar-refractivity contribution in [3.8, 4) is 0 Å². The molecule has 0 bridgehead atoms. The molecule has 0 amide bonds. The molecule has 2 aliphatic rings. The molecule has 0 spiro atoms. The first-order valence-corrected chi connectivity index (χ1v) is 7.74. The summed E-state index contributed by atoms with van der Waals surface area (Å²) in [5, 5.41) is 0. The van der Waals surface area contributed by atoms with Crippen LogP contribution in [0.2, 0.25) is 0 Å². The van der Waals surface area contributed by atoms with E-state index in [1.54, 1.807) is 12.8 Å². The predicted octanol–water partition coefficient (Wildman–Crippen LogP) is 5.42. The van der Waals surface area contributed by atoms with Crippen molar-refractivity contribution in [1.29, 1.82) is 0 Å². The molecular formula is C16H30. The van der Waals surface area contributed by atoms with E-state index in [1.165, 1.54) is 51.4 Å². The van der Waals surface area contributed by atoms with Gasteiger partial charge < -0.3 is 0 Å². The van der Waals surface area contributed by atoms with Crippen molar-refractivity contribution in [2.45, 2.75) is 78.1 Å². The van der Waals surface area contributed by atoms with Crippen molar-refractivity contribution in [1.82, 2.24) is 0 Å². The predicted molar refractivity (Wildman–Crippen MR) is 71.5 cm³/mol. The quantitative estimate of drug-likeness (QED) is 0.598. The Labute approximate surface area is 102 Å². The molecule has 0 unspecified atom stereocenters. The van der Waals surface area contributed by atoms with E-state index in [2.05, 4.69) is 13.8 Å². The molecule has 0 nitrogen and oxygen atoms in total. The minimum Gasteiger partial charge on any atom is -0.0625 e. The fourth-order valence-electron chi connectivity index (χ4n) is 3.71. The Morgan fingerprint density at radius 3 is 1.19 bits per heavy atom. The summed E-state index contributed by atoms with van der Waals surface area (Å²) in [6.07, 6.45) is 15.2. The molecule has 0 heterocycles. The van der Waals surface area contributed by atoms with Crippen LogP contribution in [0.15, 0.2) is 0 Å². The van der Waals surface area contributed by atoms with Crippen LogP contribution in [0.3, 0.4) is 0 Å². The summed E-state index contributed by atoms with van der Waals surface area (Å²) in [4.78, 5) is 0. The molecule has 0 aromatic carbocycles. The molecular weight excluding hydrogens is 192 g/mol. The summed E-state index contributed by atoms with van der Waals surface area (Å²) in [6, 6.07) is 0. The minimum absolute atomic E-state index is 1.02. The highest BCUT2D eigenvalue weighted by Crippen LogP contribution is 2.36. The fourth-order valence-corrected chi connectivity index (χ4v) is 3.71. The maximum absolute atomic E-state index is 2.43. The van der Waals surface area contributed by atoms with E-state index in [4.69, 9.17) is 0 Å². The van der Waals surface area contributed by atoms with E-state index in [0.29, 0.717) is 0 Å².